The molecule has 4 aromatic rings. The van der Waals surface area contributed by atoms with Crippen LogP contribution in [0.25, 0.3) is 6.08 Å². The molecule has 0 aliphatic rings. The van der Waals surface area contributed by atoms with Crippen LogP contribution in [0.5, 0.6) is 5.75 Å². The Hall–Kier alpha value is -5.35. The van der Waals surface area contributed by atoms with Crippen molar-refractivity contribution in [2.24, 2.45) is 0 Å². The molecule has 0 spiro atoms. The Bertz CT molecular complexity index is 1660. The van der Waals surface area contributed by atoms with E-state index >= 15 is 0 Å². The first kappa shape index (κ1) is 31.6. The lowest BCUT2D eigenvalue weighted by Gasteiger charge is -2.13. The minimum Gasteiger partial charge on any atom is -0.493 e. The van der Waals surface area contributed by atoms with Crippen LogP contribution in [0.1, 0.15) is 29.8 Å². The van der Waals surface area contributed by atoms with Crippen LogP contribution in [-0.4, -0.2) is 36.0 Å². The van der Waals surface area contributed by atoms with Gasteiger partial charge in [-0.15, -0.1) is 11.8 Å². The molecule has 0 saturated heterocycles. The molecule has 0 saturated carbocycles. The third-order valence-electron chi connectivity index (χ3n) is 6.00. The second-order valence-corrected chi connectivity index (χ2v) is 10.5. The number of rotatable bonds is 12. The zero-order valence-corrected chi connectivity index (χ0v) is 25.1. The average Bonchev–Trinajstić information content (AvgIpc) is 3.02. The van der Waals surface area contributed by atoms with Gasteiger partial charge in [-0.05, 0) is 73.7 Å². The number of para-hydroxylation sites is 1. The third kappa shape index (κ3) is 9.60. The van der Waals surface area contributed by atoms with Crippen LogP contribution in [-0.2, 0) is 14.4 Å². The molecule has 0 aliphatic heterocycles. The zero-order chi connectivity index (χ0) is 31.3. The van der Waals surface area contributed by atoms with Gasteiger partial charge in [0, 0.05) is 40.0 Å². The predicted octanol–water partition coefficient (Wildman–Crippen LogP) is 6.18. The number of hydrogen-bond acceptors (Lipinski definition) is 6. The molecule has 10 heteroatoms. The Morgan fingerprint density at radius 2 is 1.43 bits per heavy atom. The maximum absolute atomic E-state index is 13.5. The second-order valence-electron chi connectivity index (χ2n) is 9.43. The van der Waals surface area contributed by atoms with Gasteiger partial charge in [0.1, 0.15) is 11.4 Å². The van der Waals surface area contributed by atoms with Crippen LogP contribution < -0.4 is 26.0 Å². The van der Waals surface area contributed by atoms with E-state index in [1.54, 1.807) is 91.0 Å². The van der Waals surface area contributed by atoms with Gasteiger partial charge in [-0.1, -0.05) is 42.5 Å². The molecular formula is C34H32N4O5S. The lowest BCUT2D eigenvalue weighted by atomic mass is 10.1. The molecule has 0 atom stereocenters. The lowest BCUT2D eigenvalue weighted by Crippen LogP contribution is -2.30. The van der Waals surface area contributed by atoms with Crippen LogP contribution in [0.4, 0.5) is 17.1 Å². The molecule has 0 aliphatic carbocycles. The van der Waals surface area contributed by atoms with Gasteiger partial charge in [-0.25, -0.2) is 0 Å². The van der Waals surface area contributed by atoms with Crippen LogP contribution in [0.3, 0.4) is 0 Å². The van der Waals surface area contributed by atoms with Gasteiger partial charge in [0.15, 0.2) is 0 Å². The molecule has 9 nitrogen and oxygen atoms in total. The van der Waals surface area contributed by atoms with E-state index in [0.29, 0.717) is 40.5 Å². The molecule has 0 bridgehead atoms. The molecule has 4 rings (SSSR count). The summed E-state index contributed by atoms with van der Waals surface area (Å²) in [6, 6.07) is 29.8. The number of carbonyl (C=O) groups excluding carboxylic acids is 4. The van der Waals surface area contributed by atoms with Crippen molar-refractivity contribution in [2.75, 3.05) is 28.3 Å². The van der Waals surface area contributed by atoms with Crippen molar-refractivity contribution in [3.05, 3.63) is 120 Å². The van der Waals surface area contributed by atoms with E-state index in [4.69, 9.17) is 4.74 Å². The number of thioether (sulfide) groups is 1. The zero-order valence-electron chi connectivity index (χ0n) is 24.3. The normalized spacial score (nSPS) is 10.8. The second kappa shape index (κ2) is 15.8. The Labute approximate surface area is 260 Å². The summed E-state index contributed by atoms with van der Waals surface area (Å²) in [5, 5.41) is 11.1. The van der Waals surface area contributed by atoms with Crippen LogP contribution >= 0.6 is 11.8 Å². The number of ether oxygens (including phenoxy) is 1. The van der Waals surface area contributed by atoms with Gasteiger partial charge in [0.05, 0.1) is 12.4 Å². The molecule has 0 heterocycles. The number of amides is 4. The highest BCUT2D eigenvalue weighted by Gasteiger charge is 2.16. The molecule has 44 heavy (non-hydrogen) atoms. The molecular weight excluding hydrogens is 576 g/mol. The first-order valence-corrected chi connectivity index (χ1v) is 14.8. The standard InChI is InChI=1S/C34H32N4O5S/c1-3-43-31-15-8-7-12-25(31)20-30(38-33(41)24-10-5-4-6-11-24)34(42)37-28-13-9-14-29(21-28)44-22-32(40)36-27-18-16-26(17-19-27)35-23(2)39/h4-21H,3,22H2,1-2H3,(H,35,39)(H,36,40)(H,37,42)(H,38,41)/b30-20+. The highest BCUT2D eigenvalue weighted by Crippen LogP contribution is 2.24. The van der Waals surface area contributed by atoms with E-state index in [1.807, 2.05) is 25.1 Å². The van der Waals surface area contributed by atoms with Gasteiger partial charge in [0.25, 0.3) is 11.8 Å². The van der Waals surface area contributed by atoms with Gasteiger partial charge < -0.3 is 26.0 Å². The molecule has 0 fully saturated rings. The number of carbonyl (C=O) groups is 4. The summed E-state index contributed by atoms with van der Waals surface area (Å²) in [7, 11) is 0. The third-order valence-corrected chi connectivity index (χ3v) is 6.99. The average molecular weight is 609 g/mol. The molecule has 4 amide bonds. The first-order chi connectivity index (χ1) is 21.3. The minimum absolute atomic E-state index is 0.0351. The fraction of sp³-hybridized carbons (Fsp3) is 0.118. The molecule has 0 aromatic heterocycles. The molecule has 4 N–H and O–H groups in total. The Kier molecular flexibility index (Phi) is 11.3. The molecule has 224 valence electrons. The summed E-state index contributed by atoms with van der Waals surface area (Å²) in [5.41, 5.74) is 2.81. The van der Waals surface area contributed by atoms with E-state index in [9.17, 15) is 19.2 Å². The van der Waals surface area contributed by atoms with Crippen molar-refractivity contribution in [1.29, 1.82) is 0 Å². The van der Waals surface area contributed by atoms with Gasteiger partial charge >= 0.3 is 0 Å². The summed E-state index contributed by atoms with van der Waals surface area (Å²) in [4.78, 5) is 51.0. The van der Waals surface area contributed by atoms with Gasteiger partial charge in [-0.3, -0.25) is 19.2 Å². The quantitative estimate of drug-likeness (QED) is 0.112. The maximum Gasteiger partial charge on any atom is 0.272 e. The fourth-order valence-electron chi connectivity index (χ4n) is 4.03. The van der Waals surface area contributed by atoms with E-state index in [0.717, 1.165) is 4.90 Å². The van der Waals surface area contributed by atoms with Crippen molar-refractivity contribution < 1.29 is 23.9 Å². The number of benzene rings is 4. The molecule has 0 radical (unpaired) electrons. The molecule has 4 aromatic carbocycles. The van der Waals surface area contributed by atoms with E-state index in [2.05, 4.69) is 21.3 Å². The van der Waals surface area contributed by atoms with Crippen LogP contribution in [0.15, 0.2) is 114 Å². The highest BCUT2D eigenvalue weighted by atomic mass is 32.2. The minimum atomic E-state index is -0.525. The van der Waals surface area contributed by atoms with E-state index < -0.39 is 11.8 Å². The van der Waals surface area contributed by atoms with Crippen LogP contribution in [0.2, 0.25) is 0 Å². The first-order valence-electron chi connectivity index (χ1n) is 13.8. The largest absolute Gasteiger partial charge is 0.493 e. The molecule has 0 unspecified atom stereocenters. The summed E-state index contributed by atoms with van der Waals surface area (Å²) in [6.07, 6.45) is 1.58. The van der Waals surface area contributed by atoms with Crippen molar-refractivity contribution >= 4 is 58.5 Å². The van der Waals surface area contributed by atoms with E-state index in [1.165, 1.54) is 18.7 Å². The van der Waals surface area contributed by atoms with Gasteiger partial charge in [-0.2, -0.15) is 0 Å². The maximum atomic E-state index is 13.5. The van der Waals surface area contributed by atoms with Gasteiger partial charge in [0.2, 0.25) is 11.8 Å². The summed E-state index contributed by atoms with van der Waals surface area (Å²) in [5.74, 6) is -0.623. The van der Waals surface area contributed by atoms with Crippen molar-refractivity contribution in [2.45, 2.75) is 18.7 Å². The smallest absolute Gasteiger partial charge is 0.272 e. The Balaban J connectivity index is 1.44. The number of hydrogen-bond donors (Lipinski definition) is 4. The van der Waals surface area contributed by atoms with Crippen molar-refractivity contribution in [3.8, 4) is 5.75 Å². The Morgan fingerprint density at radius 3 is 2.14 bits per heavy atom. The predicted molar refractivity (Wildman–Crippen MR) is 175 cm³/mol. The highest BCUT2D eigenvalue weighted by molar-refractivity contribution is 8.00. The van der Waals surface area contributed by atoms with Crippen LogP contribution in [0, 0.1) is 0 Å². The van der Waals surface area contributed by atoms with E-state index in [-0.39, 0.29) is 23.3 Å². The van der Waals surface area contributed by atoms with Crippen molar-refractivity contribution in [3.63, 3.8) is 0 Å². The number of nitrogens with one attached hydrogen (secondary N) is 4. The Morgan fingerprint density at radius 1 is 0.750 bits per heavy atom. The summed E-state index contributed by atoms with van der Waals surface area (Å²) in [6.45, 7) is 3.73. The van der Waals surface area contributed by atoms with Crippen molar-refractivity contribution in [1.82, 2.24) is 5.32 Å². The monoisotopic (exact) mass is 608 g/mol. The lowest BCUT2D eigenvalue weighted by molar-refractivity contribution is -0.114. The fourth-order valence-corrected chi connectivity index (χ4v) is 4.79. The number of anilines is 3. The SMILES string of the molecule is CCOc1ccccc1/C=C(/NC(=O)c1ccccc1)C(=O)Nc1cccc(SCC(=O)Nc2ccc(NC(C)=O)cc2)c1. The summed E-state index contributed by atoms with van der Waals surface area (Å²) >= 11 is 1.31. The topological polar surface area (TPSA) is 126 Å². The summed E-state index contributed by atoms with van der Waals surface area (Å²) < 4.78 is 5.70.